The fourth-order valence-corrected chi connectivity index (χ4v) is 3.73. The summed E-state index contributed by atoms with van der Waals surface area (Å²) in [7, 11) is 0. The Labute approximate surface area is 130 Å². The highest BCUT2D eigenvalue weighted by Crippen LogP contribution is 2.59. The summed E-state index contributed by atoms with van der Waals surface area (Å²) in [6.07, 6.45) is 4.02. The van der Waals surface area contributed by atoms with Gasteiger partial charge in [-0.15, -0.1) is 0 Å². The standard InChI is InChI=1S/C16H23N3O3/c1-10(2)19-11(3)12(9-17-19)14(20)18-6-4-16(5-7-18)8-13(16)15(21)22/h9-10,13H,4-8H2,1-3H3,(H,21,22). The maximum atomic E-state index is 12.7. The van der Waals surface area contributed by atoms with E-state index in [9.17, 15) is 9.59 Å². The van der Waals surface area contributed by atoms with E-state index in [-0.39, 0.29) is 23.3 Å². The van der Waals surface area contributed by atoms with Crippen molar-refractivity contribution in [3.05, 3.63) is 17.5 Å². The van der Waals surface area contributed by atoms with E-state index in [1.807, 2.05) is 30.4 Å². The molecule has 120 valence electrons. The van der Waals surface area contributed by atoms with Crippen LogP contribution in [0.25, 0.3) is 0 Å². The minimum atomic E-state index is -0.686. The lowest BCUT2D eigenvalue weighted by Gasteiger charge is -2.32. The van der Waals surface area contributed by atoms with Gasteiger partial charge in [0.05, 0.1) is 17.7 Å². The van der Waals surface area contributed by atoms with Gasteiger partial charge in [0, 0.05) is 24.8 Å². The molecule has 1 N–H and O–H groups in total. The molecule has 3 rings (SSSR count). The van der Waals surface area contributed by atoms with Gasteiger partial charge in [0.2, 0.25) is 0 Å². The number of aromatic nitrogens is 2. The smallest absolute Gasteiger partial charge is 0.307 e. The zero-order chi connectivity index (χ0) is 16.1. The first-order valence-corrected chi connectivity index (χ1v) is 7.92. The first-order valence-electron chi connectivity index (χ1n) is 7.92. The van der Waals surface area contributed by atoms with Gasteiger partial charge < -0.3 is 10.0 Å². The molecule has 1 saturated heterocycles. The number of likely N-dealkylation sites (tertiary alicyclic amines) is 1. The normalized spacial score (nSPS) is 23.1. The molecule has 22 heavy (non-hydrogen) atoms. The van der Waals surface area contributed by atoms with Crippen molar-refractivity contribution in [2.75, 3.05) is 13.1 Å². The van der Waals surface area contributed by atoms with Gasteiger partial charge in [-0.1, -0.05) is 0 Å². The fourth-order valence-electron chi connectivity index (χ4n) is 3.73. The molecule has 1 amide bonds. The minimum absolute atomic E-state index is 0.0202. The van der Waals surface area contributed by atoms with Gasteiger partial charge in [-0.05, 0) is 45.4 Å². The summed E-state index contributed by atoms with van der Waals surface area (Å²) >= 11 is 0. The van der Waals surface area contributed by atoms with Gasteiger partial charge in [0.25, 0.3) is 5.91 Å². The number of rotatable bonds is 3. The van der Waals surface area contributed by atoms with Crippen molar-refractivity contribution in [2.45, 2.75) is 46.1 Å². The molecular weight excluding hydrogens is 282 g/mol. The number of aliphatic carboxylic acids is 1. The third kappa shape index (κ3) is 2.30. The summed E-state index contributed by atoms with van der Waals surface area (Å²) in [5.41, 5.74) is 1.52. The Morgan fingerprint density at radius 1 is 1.36 bits per heavy atom. The molecule has 2 fully saturated rings. The summed E-state index contributed by atoms with van der Waals surface area (Å²) < 4.78 is 1.86. The van der Waals surface area contributed by atoms with E-state index in [0.717, 1.165) is 25.0 Å². The molecule has 2 heterocycles. The van der Waals surface area contributed by atoms with Gasteiger partial charge in [-0.25, -0.2) is 0 Å². The lowest BCUT2D eigenvalue weighted by molar-refractivity contribution is -0.139. The summed E-state index contributed by atoms with van der Waals surface area (Å²) in [6, 6.07) is 0.231. The van der Waals surface area contributed by atoms with E-state index >= 15 is 0 Å². The molecule has 6 heteroatoms. The second-order valence-corrected chi connectivity index (χ2v) is 6.93. The minimum Gasteiger partial charge on any atom is -0.481 e. The Balaban J connectivity index is 1.67. The van der Waals surface area contributed by atoms with Crippen molar-refractivity contribution in [3.8, 4) is 0 Å². The first kappa shape index (κ1) is 15.1. The zero-order valence-corrected chi connectivity index (χ0v) is 13.4. The molecule has 1 saturated carbocycles. The summed E-state index contributed by atoms with van der Waals surface area (Å²) in [5.74, 6) is -0.865. The van der Waals surface area contributed by atoms with Crippen LogP contribution in [0.3, 0.4) is 0 Å². The van der Waals surface area contributed by atoms with E-state index in [1.54, 1.807) is 6.20 Å². The molecule has 0 radical (unpaired) electrons. The molecule has 1 unspecified atom stereocenters. The topological polar surface area (TPSA) is 75.4 Å². The third-order valence-corrected chi connectivity index (χ3v) is 5.30. The molecule has 6 nitrogen and oxygen atoms in total. The van der Waals surface area contributed by atoms with Crippen LogP contribution in [0.5, 0.6) is 0 Å². The molecule has 1 aromatic rings. The van der Waals surface area contributed by atoms with E-state index in [1.165, 1.54) is 0 Å². The lowest BCUT2D eigenvalue weighted by Crippen LogP contribution is -2.40. The largest absolute Gasteiger partial charge is 0.481 e. The van der Waals surface area contributed by atoms with Gasteiger partial charge in [0.15, 0.2) is 0 Å². The lowest BCUT2D eigenvalue weighted by atomic mass is 9.90. The van der Waals surface area contributed by atoms with Crippen LogP contribution >= 0.6 is 0 Å². The highest BCUT2D eigenvalue weighted by atomic mass is 16.4. The van der Waals surface area contributed by atoms with Gasteiger partial charge >= 0.3 is 5.97 Å². The Hall–Kier alpha value is -1.85. The van der Waals surface area contributed by atoms with Crippen molar-refractivity contribution < 1.29 is 14.7 Å². The third-order valence-electron chi connectivity index (χ3n) is 5.30. The van der Waals surface area contributed by atoms with Crippen LogP contribution in [-0.4, -0.2) is 44.8 Å². The highest BCUT2D eigenvalue weighted by molar-refractivity contribution is 5.95. The molecule has 2 aliphatic rings. The summed E-state index contributed by atoms with van der Waals surface area (Å²) in [6.45, 7) is 7.30. The van der Waals surface area contributed by atoms with Crippen molar-refractivity contribution in [2.24, 2.45) is 11.3 Å². The molecule has 1 aromatic heterocycles. The number of carboxylic acids is 1. The maximum absolute atomic E-state index is 12.7. The SMILES string of the molecule is Cc1c(C(=O)N2CCC3(CC2)CC3C(=O)O)cnn1C(C)C. The van der Waals surface area contributed by atoms with Crippen molar-refractivity contribution >= 4 is 11.9 Å². The van der Waals surface area contributed by atoms with Gasteiger partial charge in [0.1, 0.15) is 0 Å². The average molecular weight is 305 g/mol. The molecular formula is C16H23N3O3. The molecule has 1 spiro atoms. The van der Waals surface area contributed by atoms with Crippen LogP contribution in [0.2, 0.25) is 0 Å². The van der Waals surface area contributed by atoms with Crippen LogP contribution in [-0.2, 0) is 4.79 Å². The number of piperidine rings is 1. The second kappa shape index (κ2) is 5.11. The second-order valence-electron chi connectivity index (χ2n) is 6.93. The van der Waals surface area contributed by atoms with E-state index in [4.69, 9.17) is 5.11 Å². The molecule has 1 aliphatic heterocycles. The Morgan fingerprint density at radius 2 is 2.00 bits per heavy atom. The molecule has 0 aromatic carbocycles. The van der Waals surface area contributed by atoms with Crippen molar-refractivity contribution in [1.29, 1.82) is 0 Å². The number of carbonyl (C=O) groups is 2. The number of amides is 1. The van der Waals surface area contributed by atoms with Crippen LogP contribution in [0.1, 0.15) is 55.2 Å². The van der Waals surface area contributed by atoms with E-state index < -0.39 is 5.97 Å². The summed E-state index contributed by atoms with van der Waals surface area (Å²) in [5, 5.41) is 13.4. The monoisotopic (exact) mass is 305 g/mol. The summed E-state index contributed by atoms with van der Waals surface area (Å²) in [4.78, 5) is 25.6. The highest BCUT2D eigenvalue weighted by Gasteiger charge is 2.59. The van der Waals surface area contributed by atoms with Gasteiger partial charge in [-0.3, -0.25) is 14.3 Å². The van der Waals surface area contributed by atoms with Gasteiger partial charge in [-0.2, -0.15) is 5.10 Å². The Kier molecular flexibility index (Phi) is 3.50. The molecule has 1 atom stereocenters. The van der Waals surface area contributed by atoms with Crippen LogP contribution in [0, 0.1) is 18.3 Å². The van der Waals surface area contributed by atoms with Crippen molar-refractivity contribution in [3.63, 3.8) is 0 Å². The molecule has 0 bridgehead atoms. The number of hydrogen-bond donors (Lipinski definition) is 1. The number of carboxylic acid groups (broad SMARTS) is 1. The van der Waals surface area contributed by atoms with Crippen LogP contribution < -0.4 is 0 Å². The predicted molar refractivity (Wildman–Crippen MR) is 80.7 cm³/mol. The maximum Gasteiger partial charge on any atom is 0.307 e. The zero-order valence-electron chi connectivity index (χ0n) is 13.4. The van der Waals surface area contributed by atoms with Crippen molar-refractivity contribution in [1.82, 2.24) is 14.7 Å². The predicted octanol–water partition coefficient (Wildman–Crippen LogP) is 2.10. The van der Waals surface area contributed by atoms with Crippen LogP contribution in [0.15, 0.2) is 6.20 Å². The number of hydrogen-bond acceptors (Lipinski definition) is 3. The van der Waals surface area contributed by atoms with E-state index in [2.05, 4.69) is 5.10 Å². The number of nitrogens with zero attached hydrogens (tertiary/aromatic N) is 3. The quantitative estimate of drug-likeness (QED) is 0.928. The van der Waals surface area contributed by atoms with Crippen LogP contribution in [0.4, 0.5) is 0 Å². The Morgan fingerprint density at radius 3 is 2.45 bits per heavy atom. The Bertz CT molecular complexity index is 612. The number of carbonyl (C=O) groups excluding carboxylic acids is 1. The average Bonchev–Trinajstić information content (AvgIpc) is 3.02. The fraction of sp³-hybridized carbons (Fsp3) is 0.688. The van der Waals surface area contributed by atoms with E-state index in [0.29, 0.717) is 18.7 Å². The first-order chi connectivity index (χ1) is 10.4. The molecule has 1 aliphatic carbocycles.